The molecule has 0 unspecified atom stereocenters. The molecule has 0 radical (unpaired) electrons. The summed E-state index contributed by atoms with van der Waals surface area (Å²) in [4.78, 5) is 17.8. The van der Waals surface area contributed by atoms with Gasteiger partial charge in [0.05, 0.1) is 23.5 Å². The molecule has 2 aromatic carbocycles. The van der Waals surface area contributed by atoms with Gasteiger partial charge in [-0.2, -0.15) is 18.3 Å². The first-order valence-corrected chi connectivity index (χ1v) is 7.88. The fourth-order valence-corrected chi connectivity index (χ4v) is 3.02. The lowest BCUT2D eigenvalue weighted by molar-refractivity contribution is -0.137. The highest BCUT2D eigenvalue weighted by atomic mass is 19.4. The number of benzene rings is 2. The number of hydrogen-bond acceptors (Lipinski definition) is 4. The van der Waals surface area contributed by atoms with E-state index in [-0.39, 0.29) is 19.0 Å². The van der Waals surface area contributed by atoms with E-state index in [0.717, 1.165) is 12.1 Å². The van der Waals surface area contributed by atoms with Gasteiger partial charge >= 0.3 is 6.18 Å². The van der Waals surface area contributed by atoms with E-state index < -0.39 is 11.7 Å². The third kappa shape index (κ3) is 2.83. The van der Waals surface area contributed by atoms with Crippen molar-refractivity contribution in [3.8, 4) is 0 Å². The minimum atomic E-state index is -4.47. The molecule has 0 saturated carbocycles. The summed E-state index contributed by atoms with van der Waals surface area (Å²) in [5, 5.41) is 4.00. The topological polar surface area (TPSA) is 57.1 Å². The second kappa shape index (κ2) is 5.98. The van der Waals surface area contributed by atoms with Crippen molar-refractivity contribution in [3.63, 3.8) is 0 Å². The minimum absolute atomic E-state index is 0.0191. The van der Waals surface area contributed by atoms with Gasteiger partial charge in [-0.15, -0.1) is 0 Å². The minimum Gasteiger partial charge on any atom is -0.317 e. The number of nitrogens with one attached hydrogen (secondary N) is 1. The maximum Gasteiger partial charge on any atom is 0.416 e. The van der Waals surface area contributed by atoms with Crippen LogP contribution in [0.1, 0.15) is 16.7 Å². The number of carbonyl (C=O) groups is 1. The molecule has 2 aliphatic heterocycles. The molecule has 1 amide bonds. The lowest BCUT2D eigenvalue weighted by Crippen LogP contribution is -2.46. The fourth-order valence-electron chi connectivity index (χ4n) is 3.02. The molecule has 2 aliphatic rings. The summed E-state index contributed by atoms with van der Waals surface area (Å²) in [6.07, 6.45) is -4.47. The van der Waals surface area contributed by atoms with E-state index >= 15 is 0 Å². The Bertz CT molecular complexity index is 935. The van der Waals surface area contributed by atoms with E-state index in [2.05, 4.69) is 15.5 Å². The zero-order valence-electron chi connectivity index (χ0n) is 13.4. The Morgan fingerprint density at radius 1 is 1.08 bits per heavy atom. The van der Waals surface area contributed by atoms with Crippen molar-refractivity contribution in [1.29, 1.82) is 0 Å². The Morgan fingerprint density at radius 2 is 1.85 bits per heavy atom. The number of rotatable bonds is 1. The number of alkyl halides is 3. The van der Waals surface area contributed by atoms with Gasteiger partial charge in [0, 0.05) is 11.1 Å². The average molecular weight is 358 g/mol. The number of amides is 1. The highest BCUT2D eigenvalue weighted by Crippen LogP contribution is 2.35. The maximum absolute atomic E-state index is 13.2. The predicted octanol–water partition coefficient (Wildman–Crippen LogP) is 2.81. The van der Waals surface area contributed by atoms with Crippen molar-refractivity contribution in [2.24, 2.45) is 10.1 Å². The van der Waals surface area contributed by atoms with Crippen LogP contribution in [0.5, 0.6) is 0 Å². The van der Waals surface area contributed by atoms with Crippen molar-refractivity contribution >= 4 is 23.1 Å². The first-order chi connectivity index (χ1) is 12.4. The molecule has 5 nitrogen and oxygen atoms in total. The van der Waals surface area contributed by atoms with Gasteiger partial charge in [-0.3, -0.25) is 9.79 Å². The molecule has 1 N–H and O–H groups in total. The van der Waals surface area contributed by atoms with Gasteiger partial charge in [0.25, 0.3) is 5.91 Å². The molecule has 26 heavy (non-hydrogen) atoms. The molecule has 0 aromatic heterocycles. The highest BCUT2D eigenvalue weighted by molar-refractivity contribution is 6.21. The van der Waals surface area contributed by atoms with Crippen molar-refractivity contribution in [1.82, 2.24) is 5.43 Å². The number of nitrogens with zero attached hydrogens (tertiary/aromatic N) is 3. The quantitative estimate of drug-likeness (QED) is 0.852. The summed E-state index contributed by atoms with van der Waals surface area (Å²) in [5.74, 6) is 0.152. The van der Waals surface area contributed by atoms with Crippen LogP contribution in [0.25, 0.3) is 0 Å². The maximum atomic E-state index is 13.2. The first kappa shape index (κ1) is 16.3. The second-order valence-corrected chi connectivity index (χ2v) is 5.91. The van der Waals surface area contributed by atoms with Crippen molar-refractivity contribution in [3.05, 3.63) is 65.2 Å². The Morgan fingerprint density at radius 3 is 2.58 bits per heavy atom. The SMILES string of the molecule is O=C1CN2C(=NN1)CN=C(c1ccccc1)c1cc(C(F)(F)F)ccc12. The van der Waals surface area contributed by atoms with Gasteiger partial charge in [-0.1, -0.05) is 30.3 Å². The van der Waals surface area contributed by atoms with Crippen LogP contribution in [0.4, 0.5) is 18.9 Å². The standard InChI is InChI=1S/C18H13F3N4O/c19-18(20,21)12-6-7-14-13(8-12)17(11-4-2-1-3-5-11)22-9-15-23-24-16(26)10-25(14)15/h1-8H,9-10H2,(H,24,26). The number of amidine groups is 1. The molecule has 0 aliphatic carbocycles. The number of fused-ring (bicyclic) bond motifs is 3. The molecule has 0 atom stereocenters. The van der Waals surface area contributed by atoms with E-state index in [4.69, 9.17) is 0 Å². The molecular formula is C18H13F3N4O. The number of carbonyl (C=O) groups excluding carboxylic acids is 1. The second-order valence-electron chi connectivity index (χ2n) is 5.91. The van der Waals surface area contributed by atoms with Crippen molar-refractivity contribution in [2.45, 2.75) is 6.18 Å². The summed E-state index contributed by atoms with van der Waals surface area (Å²) in [6, 6.07) is 12.5. The van der Waals surface area contributed by atoms with Gasteiger partial charge < -0.3 is 4.90 Å². The summed E-state index contributed by atoms with van der Waals surface area (Å²) >= 11 is 0. The largest absolute Gasteiger partial charge is 0.416 e. The third-order valence-electron chi connectivity index (χ3n) is 4.22. The van der Waals surface area contributed by atoms with Crippen LogP contribution < -0.4 is 10.3 Å². The lowest BCUT2D eigenvalue weighted by atomic mass is 9.98. The number of anilines is 1. The van der Waals surface area contributed by atoms with Crippen LogP contribution in [0.2, 0.25) is 0 Å². The lowest BCUT2D eigenvalue weighted by Gasteiger charge is -2.28. The molecule has 0 saturated heterocycles. The molecule has 4 rings (SSSR count). The normalized spacial score (nSPS) is 16.7. The van der Waals surface area contributed by atoms with Gasteiger partial charge in [-0.25, -0.2) is 5.43 Å². The van der Waals surface area contributed by atoms with Crippen molar-refractivity contribution < 1.29 is 18.0 Å². The molecule has 8 heteroatoms. The van der Waals surface area contributed by atoms with Crippen LogP contribution >= 0.6 is 0 Å². The number of hydrazone groups is 1. The molecule has 0 bridgehead atoms. The Labute approximate surface area is 146 Å². The van der Waals surface area contributed by atoms with Crippen molar-refractivity contribution in [2.75, 3.05) is 18.0 Å². The van der Waals surface area contributed by atoms with Gasteiger partial charge in [0.2, 0.25) is 0 Å². The van der Waals surface area contributed by atoms with E-state index in [9.17, 15) is 18.0 Å². The van der Waals surface area contributed by atoms with Gasteiger partial charge in [0.15, 0.2) is 5.84 Å². The van der Waals surface area contributed by atoms with E-state index in [0.29, 0.717) is 28.4 Å². The van der Waals surface area contributed by atoms with Crippen LogP contribution in [-0.4, -0.2) is 30.5 Å². The number of aliphatic imine (C=N–C) groups is 1. The zero-order valence-corrected chi connectivity index (χ0v) is 13.4. The van der Waals surface area contributed by atoms with Crippen LogP contribution in [0, 0.1) is 0 Å². The van der Waals surface area contributed by atoms with Crippen LogP contribution in [0.3, 0.4) is 0 Å². The zero-order chi connectivity index (χ0) is 18.3. The Kier molecular flexibility index (Phi) is 3.75. The molecule has 2 aromatic rings. The molecule has 0 fully saturated rings. The monoisotopic (exact) mass is 358 g/mol. The fraction of sp³-hybridized carbons (Fsp3) is 0.167. The number of hydrogen-bond donors (Lipinski definition) is 1. The summed E-state index contributed by atoms with van der Waals surface area (Å²) in [6.45, 7) is 0.134. The molecule has 132 valence electrons. The predicted molar refractivity (Wildman–Crippen MR) is 91.3 cm³/mol. The highest BCUT2D eigenvalue weighted by Gasteiger charge is 2.34. The Hall–Kier alpha value is -3.16. The molecule has 0 spiro atoms. The molecular weight excluding hydrogens is 345 g/mol. The van der Waals surface area contributed by atoms with Gasteiger partial charge in [0.1, 0.15) is 6.54 Å². The number of halogens is 3. The van der Waals surface area contributed by atoms with Crippen LogP contribution in [0.15, 0.2) is 58.6 Å². The van der Waals surface area contributed by atoms with E-state index in [1.54, 1.807) is 29.2 Å². The van der Waals surface area contributed by atoms with E-state index in [1.807, 2.05) is 6.07 Å². The summed E-state index contributed by atoms with van der Waals surface area (Å²) < 4.78 is 39.7. The van der Waals surface area contributed by atoms with Gasteiger partial charge in [-0.05, 0) is 18.2 Å². The Balaban J connectivity index is 1.94. The third-order valence-corrected chi connectivity index (χ3v) is 4.22. The van der Waals surface area contributed by atoms with Crippen LogP contribution in [-0.2, 0) is 11.0 Å². The summed E-state index contributed by atoms with van der Waals surface area (Å²) in [7, 11) is 0. The average Bonchev–Trinajstić information content (AvgIpc) is 2.78. The smallest absolute Gasteiger partial charge is 0.317 e. The summed E-state index contributed by atoms with van der Waals surface area (Å²) in [5.41, 5.74) is 3.57. The molecule has 2 heterocycles. The first-order valence-electron chi connectivity index (χ1n) is 7.88. The van der Waals surface area contributed by atoms with E-state index in [1.165, 1.54) is 6.07 Å².